The molecule has 106 valence electrons. The van der Waals surface area contributed by atoms with Gasteiger partial charge in [0.2, 0.25) is 0 Å². The first-order chi connectivity index (χ1) is 8.95. The minimum Gasteiger partial charge on any atom is -0.388 e. The van der Waals surface area contributed by atoms with Gasteiger partial charge in [0.15, 0.2) is 5.69 Å². The van der Waals surface area contributed by atoms with E-state index in [0.717, 1.165) is 5.69 Å². The third-order valence-corrected chi connectivity index (χ3v) is 3.82. The van der Waals surface area contributed by atoms with Crippen LogP contribution >= 0.6 is 11.6 Å². The summed E-state index contributed by atoms with van der Waals surface area (Å²) in [6, 6.07) is 0. The van der Waals surface area contributed by atoms with Gasteiger partial charge in [-0.25, -0.2) is 0 Å². The molecule has 19 heavy (non-hydrogen) atoms. The highest BCUT2D eigenvalue weighted by molar-refractivity contribution is 6.34. The summed E-state index contributed by atoms with van der Waals surface area (Å²) in [5.41, 5.74) is 0.970. The SMILES string of the molecule is CCO[C@H]1CN(C(=O)c2nn(C)c(C)c2Cl)C[C@@H]1O. The molecule has 7 heteroatoms. The number of aliphatic hydroxyl groups is 1. The van der Waals surface area contributed by atoms with Crippen LogP contribution in [0.5, 0.6) is 0 Å². The third-order valence-electron chi connectivity index (χ3n) is 3.37. The van der Waals surface area contributed by atoms with Gasteiger partial charge in [0.1, 0.15) is 6.10 Å². The molecule has 6 nitrogen and oxygen atoms in total. The first-order valence-corrected chi connectivity index (χ1v) is 6.61. The van der Waals surface area contributed by atoms with Gasteiger partial charge in [-0.1, -0.05) is 11.6 Å². The van der Waals surface area contributed by atoms with Gasteiger partial charge < -0.3 is 14.7 Å². The van der Waals surface area contributed by atoms with Gasteiger partial charge in [0.25, 0.3) is 5.91 Å². The van der Waals surface area contributed by atoms with Gasteiger partial charge in [0, 0.05) is 26.7 Å². The number of aliphatic hydroxyl groups excluding tert-OH is 1. The highest BCUT2D eigenvalue weighted by Gasteiger charge is 2.36. The van der Waals surface area contributed by atoms with Gasteiger partial charge in [0.05, 0.1) is 16.8 Å². The minimum absolute atomic E-state index is 0.228. The molecular weight excluding hydrogens is 270 g/mol. The summed E-state index contributed by atoms with van der Waals surface area (Å²) in [6.45, 7) is 4.77. The first kappa shape index (κ1) is 14.3. The van der Waals surface area contributed by atoms with E-state index in [1.165, 1.54) is 4.90 Å². The molecule has 0 saturated carbocycles. The van der Waals surface area contributed by atoms with E-state index in [9.17, 15) is 9.90 Å². The number of halogens is 1. The number of ether oxygens (including phenoxy) is 1. The van der Waals surface area contributed by atoms with Crippen molar-refractivity contribution < 1.29 is 14.6 Å². The summed E-state index contributed by atoms with van der Waals surface area (Å²) < 4.78 is 6.96. The fraction of sp³-hybridized carbons (Fsp3) is 0.667. The monoisotopic (exact) mass is 287 g/mol. The largest absolute Gasteiger partial charge is 0.388 e. The summed E-state index contributed by atoms with van der Waals surface area (Å²) in [6.07, 6.45) is -0.995. The third kappa shape index (κ3) is 2.61. The average molecular weight is 288 g/mol. The Morgan fingerprint density at radius 3 is 2.79 bits per heavy atom. The number of aryl methyl sites for hydroxylation is 1. The molecule has 1 fully saturated rings. The van der Waals surface area contributed by atoms with Gasteiger partial charge in [-0.2, -0.15) is 5.10 Å². The van der Waals surface area contributed by atoms with E-state index in [1.54, 1.807) is 18.7 Å². The van der Waals surface area contributed by atoms with Crippen molar-refractivity contribution in [1.29, 1.82) is 0 Å². The number of hydrogen-bond acceptors (Lipinski definition) is 4. The summed E-state index contributed by atoms with van der Waals surface area (Å²) in [5.74, 6) is -0.269. The van der Waals surface area contributed by atoms with Crippen LogP contribution in [0, 0.1) is 6.92 Å². The van der Waals surface area contributed by atoms with E-state index in [4.69, 9.17) is 16.3 Å². The van der Waals surface area contributed by atoms with Gasteiger partial charge >= 0.3 is 0 Å². The lowest BCUT2D eigenvalue weighted by Crippen LogP contribution is -2.30. The zero-order chi connectivity index (χ0) is 14.2. The number of β-amino-alcohol motifs (C(OH)–C–C–N with tert-alkyl or cyclic N) is 1. The van der Waals surface area contributed by atoms with E-state index in [2.05, 4.69) is 5.10 Å². The van der Waals surface area contributed by atoms with Gasteiger partial charge in [-0.05, 0) is 13.8 Å². The first-order valence-electron chi connectivity index (χ1n) is 6.23. The zero-order valence-electron chi connectivity index (χ0n) is 11.3. The molecule has 1 saturated heterocycles. The Labute approximate surface area is 116 Å². The second kappa shape index (κ2) is 5.48. The average Bonchev–Trinajstić information content (AvgIpc) is 2.86. The van der Waals surface area contributed by atoms with E-state index < -0.39 is 6.10 Å². The molecule has 0 aromatic carbocycles. The Morgan fingerprint density at radius 2 is 2.26 bits per heavy atom. The maximum Gasteiger partial charge on any atom is 0.276 e. The molecule has 0 unspecified atom stereocenters. The molecule has 1 amide bonds. The smallest absolute Gasteiger partial charge is 0.276 e. The molecule has 2 atom stereocenters. The van der Waals surface area contributed by atoms with Crippen molar-refractivity contribution in [3.05, 3.63) is 16.4 Å². The van der Waals surface area contributed by atoms with Crippen molar-refractivity contribution in [2.75, 3.05) is 19.7 Å². The number of aromatic nitrogens is 2. The molecule has 0 radical (unpaired) electrons. The molecular formula is C12H18ClN3O3. The lowest BCUT2D eigenvalue weighted by Gasteiger charge is -2.14. The molecule has 1 aliphatic rings. The van der Waals surface area contributed by atoms with E-state index in [0.29, 0.717) is 18.2 Å². The van der Waals surface area contributed by atoms with Crippen molar-refractivity contribution >= 4 is 17.5 Å². The Balaban J connectivity index is 2.15. The topological polar surface area (TPSA) is 67.6 Å². The van der Waals surface area contributed by atoms with E-state index in [-0.39, 0.29) is 24.2 Å². The van der Waals surface area contributed by atoms with Gasteiger partial charge in [-0.3, -0.25) is 9.48 Å². The van der Waals surface area contributed by atoms with Crippen LogP contribution in [0.1, 0.15) is 23.1 Å². The zero-order valence-corrected chi connectivity index (χ0v) is 12.0. The van der Waals surface area contributed by atoms with Gasteiger partial charge in [-0.15, -0.1) is 0 Å². The van der Waals surface area contributed by atoms with Crippen LogP contribution < -0.4 is 0 Å². The van der Waals surface area contributed by atoms with Crippen LogP contribution in [0.25, 0.3) is 0 Å². The lowest BCUT2D eigenvalue weighted by atomic mass is 10.3. The maximum absolute atomic E-state index is 12.3. The number of likely N-dealkylation sites (tertiary alicyclic amines) is 1. The molecule has 1 aromatic rings. The summed E-state index contributed by atoms with van der Waals surface area (Å²) in [5, 5.41) is 14.3. The fourth-order valence-corrected chi connectivity index (χ4v) is 2.41. The molecule has 2 rings (SSSR count). The number of nitrogens with zero attached hydrogens (tertiary/aromatic N) is 3. The minimum atomic E-state index is -0.660. The second-order valence-electron chi connectivity index (χ2n) is 4.64. The molecule has 1 aromatic heterocycles. The predicted octanol–water partition coefficient (Wildman–Crippen LogP) is 0.604. The number of hydrogen-bond donors (Lipinski definition) is 1. The quantitative estimate of drug-likeness (QED) is 0.884. The maximum atomic E-state index is 12.3. The van der Waals surface area contributed by atoms with E-state index >= 15 is 0 Å². The van der Waals surface area contributed by atoms with Crippen LogP contribution in [0.4, 0.5) is 0 Å². The standard InChI is InChI=1S/C12H18ClN3O3/c1-4-19-9-6-16(5-8(9)17)12(18)11-10(13)7(2)15(3)14-11/h8-9,17H,4-6H2,1-3H3/t8-,9-/m0/s1. The normalized spacial score (nSPS) is 23.1. The molecule has 0 spiro atoms. The number of amides is 1. The predicted molar refractivity (Wildman–Crippen MR) is 70.3 cm³/mol. The molecule has 0 bridgehead atoms. The van der Waals surface area contributed by atoms with E-state index in [1.807, 2.05) is 6.92 Å². The van der Waals surface area contributed by atoms with Crippen LogP contribution in [0.2, 0.25) is 5.02 Å². The Hall–Kier alpha value is -1.11. The van der Waals surface area contributed by atoms with Crippen molar-refractivity contribution in [3.63, 3.8) is 0 Å². The summed E-state index contributed by atoms with van der Waals surface area (Å²) in [4.78, 5) is 13.9. The molecule has 1 N–H and O–H groups in total. The van der Waals surface area contributed by atoms with Crippen LogP contribution in [0.3, 0.4) is 0 Å². The second-order valence-corrected chi connectivity index (χ2v) is 5.02. The molecule has 0 aliphatic carbocycles. The van der Waals surface area contributed by atoms with Crippen molar-refractivity contribution in [1.82, 2.24) is 14.7 Å². The lowest BCUT2D eigenvalue weighted by molar-refractivity contribution is -0.00237. The van der Waals surface area contributed by atoms with Crippen LogP contribution in [-0.2, 0) is 11.8 Å². The number of rotatable bonds is 3. The Morgan fingerprint density at radius 1 is 1.58 bits per heavy atom. The molecule has 2 heterocycles. The fourth-order valence-electron chi connectivity index (χ4n) is 2.17. The Bertz CT molecular complexity index is 489. The number of carbonyl (C=O) groups excluding carboxylic acids is 1. The van der Waals surface area contributed by atoms with Crippen molar-refractivity contribution in [2.45, 2.75) is 26.1 Å². The highest BCUT2D eigenvalue weighted by Crippen LogP contribution is 2.23. The number of carbonyl (C=O) groups is 1. The van der Waals surface area contributed by atoms with Crippen molar-refractivity contribution in [3.8, 4) is 0 Å². The van der Waals surface area contributed by atoms with Crippen LogP contribution in [-0.4, -0.2) is 57.6 Å². The van der Waals surface area contributed by atoms with Crippen molar-refractivity contribution in [2.24, 2.45) is 7.05 Å². The molecule has 1 aliphatic heterocycles. The Kier molecular flexibility index (Phi) is 4.13. The highest BCUT2D eigenvalue weighted by atomic mass is 35.5. The van der Waals surface area contributed by atoms with Crippen LogP contribution in [0.15, 0.2) is 0 Å². The summed E-state index contributed by atoms with van der Waals surface area (Å²) in [7, 11) is 1.74. The summed E-state index contributed by atoms with van der Waals surface area (Å²) >= 11 is 6.10.